The summed E-state index contributed by atoms with van der Waals surface area (Å²) in [5.74, 6) is -0.425. The molecule has 0 aliphatic rings. The number of methoxy groups -OCH3 is 1. The van der Waals surface area contributed by atoms with Crippen molar-refractivity contribution in [1.82, 2.24) is 5.32 Å². The van der Waals surface area contributed by atoms with Gasteiger partial charge in [0.1, 0.15) is 11.6 Å². The predicted octanol–water partition coefficient (Wildman–Crippen LogP) is 2.34. The van der Waals surface area contributed by atoms with Crippen molar-refractivity contribution in [2.75, 3.05) is 25.6 Å². The molecule has 0 spiro atoms. The molecule has 20 heavy (non-hydrogen) atoms. The Bertz CT molecular complexity index is 550. The van der Waals surface area contributed by atoms with Gasteiger partial charge < -0.3 is 15.4 Å². The molecule has 1 rings (SSSR count). The number of carbonyl (C=O) groups excluding carboxylic acids is 1. The van der Waals surface area contributed by atoms with Crippen molar-refractivity contribution in [1.29, 1.82) is 5.26 Å². The predicted molar refractivity (Wildman–Crippen MR) is 81.1 cm³/mol. The lowest BCUT2D eigenvalue weighted by molar-refractivity contribution is -0.117. The van der Waals surface area contributed by atoms with Crippen LogP contribution in [0.3, 0.4) is 0 Å². The van der Waals surface area contributed by atoms with E-state index >= 15 is 0 Å². The molecule has 0 fully saturated rings. The van der Waals surface area contributed by atoms with Gasteiger partial charge >= 0.3 is 0 Å². The Kier molecular flexibility index (Phi) is 6.77. The smallest absolute Gasteiger partial charge is 0.263 e. The van der Waals surface area contributed by atoms with E-state index in [4.69, 9.17) is 10.00 Å². The number of ether oxygens (including phenoxy) is 1. The van der Waals surface area contributed by atoms with Gasteiger partial charge in [-0.2, -0.15) is 5.26 Å². The lowest BCUT2D eigenvalue weighted by atomic mass is 10.2. The first-order chi connectivity index (χ1) is 9.58. The van der Waals surface area contributed by atoms with Gasteiger partial charge in [0.2, 0.25) is 0 Å². The van der Waals surface area contributed by atoms with Crippen LogP contribution in [0.4, 0.5) is 5.69 Å². The van der Waals surface area contributed by atoms with Crippen LogP contribution in [0.15, 0.2) is 34.4 Å². The van der Waals surface area contributed by atoms with E-state index in [1.54, 1.807) is 7.11 Å². The lowest BCUT2D eigenvalue weighted by Crippen LogP contribution is -2.28. The van der Waals surface area contributed by atoms with Crippen LogP contribution < -0.4 is 10.6 Å². The number of benzene rings is 1. The molecule has 1 aromatic rings. The Hall–Kier alpha value is -1.84. The Morgan fingerprint density at radius 3 is 2.90 bits per heavy atom. The van der Waals surface area contributed by atoms with E-state index in [0.717, 1.165) is 15.7 Å². The summed E-state index contributed by atoms with van der Waals surface area (Å²) in [4.78, 5) is 11.7. The quantitative estimate of drug-likeness (QED) is 0.474. The van der Waals surface area contributed by atoms with Crippen LogP contribution in [0.1, 0.15) is 5.56 Å². The molecule has 0 radical (unpaired) electrons. The lowest BCUT2D eigenvalue weighted by Gasteiger charge is -2.06. The summed E-state index contributed by atoms with van der Waals surface area (Å²) in [6, 6.07) is 7.53. The van der Waals surface area contributed by atoms with Crippen LogP contribution in [-0.4, -0.2) is 26.2 Å². The second-order valence-electron chi connectivity index (χ2n) is 4.03. The summed E-state index contributed by atoms with van der Waals surface area (Å²) in [6.45, 7) is 2.73. The molecule has 0 aliphatic heterocycles. The largest absolute Gasteiger partial charge is 0.383 e. The van der Waals surface area contributed by atoms with Gasteiger partial charge in [-0.1, -0.05) is 15.9 Å². The molecule has 0 unspecified atom stereocenters. The zero-order valence-electron chi connectivity index (χ0n) is 11.4. The van der Waals surface area contributed by atoms with Crippen LogP contribution in [-0.2, 0) is 9.53 Å². The number of amides is 1. The Morgan fingerprint density at radius 1 is 1.55 bits per heavy atom. The SMILES string of the molecule is COCCNC(=O)/C(C#N)=C\Nc1ccc(Br)c(C)c1. The Labute approximate surface area is 126 Å². The molecule has 1 amide bonds. The second kappa shape index (κ2) is 8.35. The minimum absolute atomic E-state index is 0.0154. The molecule has 0 heterocycles. The highest BCUT2D eigenvalue weighted by molar-refractivity contribution is 9.10. The molecule has 0 saturated carbocycles. The van der Waals surface area contributed by atoms with Gasteiger partial charge in [0.25, 0.3) is 5.91 Å². The zero-order chi connectivity index (χ0) is 15.0. The third-order valence-electron chi connectivity index (χ3n) is 2.50. The number of nitriles is 1. The summed E-state index contributed by atoms with van der Waals surface area (Å²) in [6.07, 6.45) is 1.39. The summed E-state index contributed by atoms with van der Waals surface area (Å²) in [7, 11) is 1.55. The summed E-state index contributed by atoms with van der Waals surface area (Å²) < 4.78 is 5.83. The molecule has 5 nitrogen and oxygen atoms in total. The number of nitrogens with one attached hydrogen (secondary N) is 2. The standard InChI is InChI=1S/C14H16BrN3O2/c1-10-7-12(3-4-13(10)15)18-9-11(8-16)14(19)17-5-6-20-2/h3-4,7,9,18H,5-6H2,1-2H3,(H,17,19)/b11-9-. The third-order valence-corrected chi connectivity index (χ3v) is 3.39. The minimum Gasteiger partial charge on any atom is -0.383 e. The van der Waals surface area contributed by atoms with Gasteiger partial charge in [0.15, 0.2) is 0 Å². The van der Waals surface area contributed by atoms with Gasteiger partial charge in [-0.05, 0) is 30.7 Å². The molecule has 2 N–H and O–H groups in total. The van der Waals surface area contributed by atoms with Gasteiger partial charge in [0.05, 0.1) is 6.61 Å². The van der Waals surface area contributed by atoms with E-state index in [2.05, 4.69) is 26.6 Å². The van der Waals surface area contributed by atoms with E-state index in [0.29, 0.717) is 13.2 Å². The number of hydrogen-bond donors (Lipinski definition) is 2. The fraction of sp³-hybridized carbons (Fsp3) is 0.286. The van der Waals surface area contributed by atoms with E-state index in [1.165, 1.54) is 6.20 Å². The maximum absolute atomic E-state index is 11.7. The number of hydrogen-bond acceptors (Lipinski definition) is 4. The van der Waals surface area contributed by atoms with E-state index in [-0.39, 0.29) is 5.57 Å². The first-order valence-corrected chi connectivity index (χ1v) is 6.78. The maximum atomic E-state index is 11.7. The first kappa shape index (κ1) is 16.2. The Morgan fingerprint density at radius 2 is 2.30 bits per heavy atom. The zero-order valence-corrected chi connectivity index (χ0v) is 13.0. The number of rotatable bonds is 6. The molecule has 106 valence electrons. The molecule has 1 aromatic carbocycles. The first-order valence-electron chi connectivity index (χ1n) is 5.98. The number of nitrogens with zero attached hydrogens (tertiary/aromatic N) is 1. The van der Waals surface area contributed by atoms with Gasteiger partial charge in [0, 0.05) is 30.0 Å². The maximum Gasteiger partial charge on any atom is 0.263 e. The molecule has 0 saturated heterocycles. The minimum atomic E-state index is -0.425. The van der Waals surface area contributed by atoms with Gasteiger partial charge in [-0.15, -0.1) is 0 Å². The van der Waals surface area contributed by atoms with Crippen molar-refractivity contribution in [3.8, 4) is 6.07 Å². The second-order valence-corrected chi connectivity index (χ2v) is 4.88. The summed E-state index contributed by atoms with van der Waals surface area (Å²) in [5, 5.41) is 14.5. The highest BCUT2D eigenvalue weighted by Crippen LogP contribution is 2.20. The van der Waals surface area contributed by atoms with Crippen molar-refractivity contribution >= 4 is 27.5 Å². The topological polar surface area (TPSA) is 74.1 Å². The van der Waals surface area contributed by atoms with Crippen molar-refractivity contribution in [2.45, 2.75) is 6.92 Å². The number of carbonyl (C=O) groups is 1. The Balaban J connectivity index is 2.67. The van der Waals surface area contributed by atoms with Crippen LogP contribution >= 0.6 is 15.9 Å². The van der Waals surface area contributed by atoms with E-state index in [1.807, 2.05) is 31.2 Å². The number of halogens is 1. The van der Waals surface area contributed by atoms with Crippen molar-refractivity contribution < 1.29 is 9.53 Å². The van der Waals surface area contributed by atoms with Crippen LogP contribution in [0.25, 0.3) is 0 Å². The fourth-order valence-electron chi connectivity index (χ4n) is 1.40. The average Bonchev–Trinajstić information content (AvgIpc) is 2.43. The van der Waals surface area contributed by atoms with E-state index < -0.39 is 5.91 Å². The highest BCUT2D eigenvalue weighted by Gasteiger charge is 2.07. The molecule has 0 aromatic heterocycles. The number of anilines is 1. The van der Waals surface area contributed by atoms with Crippen LogP contribution in [0.5, 0.6) is 0 Å². The molecule has 0 atom stereocenters. The van der Waals surface area contributed by atoms with Gasteiger partial charge in [-0.3, -0.25) is 4.79 Å². The molecular formula is C14H16BrN3O2. The fourth-order valence-corrected chi connectivity index (χ4v) is 1.65. The monoisotopic (exact) mass is 337 g/mol. The molecule has 0 aliphatic carbocycles. The van der Waals surface area contributed by atoms with Crippen LogP contribution in [0.2, 0.25) is 0 Å². The molecule has 0 bridgehead atoms. The van der Waals surface area contributed by atoms with Gasteiger partial charge in [-0.25, -0.2) is 0 Å². The molecule has 6 heteroatoms. The highest BCUT2D eigenvalue weighted by atomic mass is 79.9. The summed E-state index contributed by atoms with van der Waals surface area (Å²) >= 11 is 3.41. The van der Waals surface area contributed by atoms with Crippen molar-refractivity contribution in [3.05, 3.63) is 40.0 Å². The molecular weight excluding hydrogens is 322 g/mol. The summed E-state index contributed by atoms with van der Waals surface area (Å²) in [5.41, 5.74) is 1.89. The normalized spacial score (nSPS) is 10.8. The van der Waals surface area contributed by atoms with Crippen molar-refractivity contribution in [2.24, 2.45) is 0 Å². The van der Waals surface area contributed by atoms with Crippen molar-refractivity contribution in [3.63, 3.8) is 0 Å². The third kappa shape index (κ3) is 5.03. The van der Waals surface area contributed by atoms with E-state index in [9.17, 15) is 4.79 Å². The number of aryl methyl sites for hydroxylation is 1. The van der Waals surface area contributed by atoms with Crippen LogP contribution in [0, 0.1) is 18.3 Å². The average molecular weight is 338 g/mol.